The minimum atomic E-state index is 0.142. The number of hydrogen-bond acceptors (Lipinski definition) is 2. The third-order valence-electron chi connectivity index (χ3n) is 4.37. The van der Waals surface area contributed by atoms with Crippen molar-refractivity contribution in [3.63, 3.8) is 0 Å². The van der Waals surface area contributed by atoms with E-state index in [1.54, 1.807) is 0 Å². The lowest BCUT2D eigenvalue weighted by Crippen LogP contribution is -2.39. The van der Waals surface area contributed by atoms with Gasteiger partial charge in [0.2, 0.25) is 5.91 Å². The van der Waals surface area contributed by atoms with Gasteiger partial charge in [-0.05, 0) is 43.0 Å². The number of halogens is 1. The molecule has 0 bridgehead atoms. The van der Waals surface area contributed by atoms with Gasteiger partial charge in [0.15, 0.2) is 0 Å². The third kappa shape index (κ3) is 2.99. The molecule has 1 aromatic rings. The zero-order chi connectivity index (χ0) is 14.1. The van der Waals surface area contributed by atoms with E-state index in [1.807, 2.05) is 24.3 Å². The highest BCUT2D eigenvalue weighted by Crippen LogP contribution is 2.31. The van der Waals surface area contributed by atoms with Crippen LogP contribution in [-0.4, -0.2) is 29.9 Å². The molecular weight excluding hydrogens is 272 g/mol. The van der Waals surface area contributed by atoms with Gasteiger partial charge in [-0.3, -0.25) is 4.79 Å². The summed E-state index contributed by atoms with van der Waals surface area (Å²) >= 11 is 5.92. The van der Waals surface area contributed by atoms with E-state index in [0.29, 0.717) is 24.4 Å². The molecule has 0 spiro atoms. The molecule has 2 fully saturated rings. The van der Waals surface area contributed by atoms with E-state index in [-0.39, 0.29) is 5.92 Å². The second-order valence-electron chi connectivity index (χ2n) is 6.07. The Morgan fingerprint density at radius 1 is 1.30 bits per heavy atom. The summed E-state index contributed by atoms with van der Waals surface area (Å²) in [5.41, 5.74) is 1.16. The second kappa shape index (κ2) is 5.74. The molecule has 1 saturated heterocycles. The standard InChI is InChI=1S/C16H21ClN2O/c1-11-8-18-9-15(11)16(20)19(14-6-7-14)10-12-2-4-13(17)5-3-12/h2-5,11,14-15,18H,6-10H2,1H3. The summed E-state index contributed by atoms with van der Waals surface area (Å²) in [6.07, 6.45) is 2.29. The molecule has 2 aliphatic rings. The number of nitrogens with zero attached hydrogens (tertiary/aromatic N) is 1. The third-order valence-corrected chi connectivity index (χ3v) is 4.62. The maximum Gasteiger partial charge on any atom is 0.227 e. The Labute approximate surface area is 125 Å². The first-order valence-corrected chi connectivity index (χ1v) is 7.78. The topological polar surface area (TPSA) is 32.3 Å². The van der Waals surface area contributed by atoms with Gasteiger partial charge in [-0.15, -0.1) is 0 Å². The van der Waals surface area contributed by atoms with Crippen LogP contribution in [0.3, 0.4) is 0 Å². The van der Waals surface area contributed by atoms with Crippen LogP contribution >= 0.6 is 11.6 Å². The van der Waals surface area contributed by atoms with Crippen LogP contribution in [0.25, 0.3) is 0 Å². The fourth-order valence-electron chi connectivity index (χ4n) is 2.91. The van der Waals surface area contributed by atoms with Gasteiger partial charge < -0.3 is 10.2 Å². The number of benzene rings is 1. The minimum Gasteiger partial charge on any atom is -0.335 e. The first-order valence-electron chi connectivity index (χ1n) is 7.41. The lowest BCUT2D eigenvalue weighted by Gasteiger charge is -2.27. The van der Waals surface area contributed by atoms with Gasteiger partial charge in [-0.25, -0.2) is 0 Å². The molecule has 4 heteroatoms. The van der Waals surface area contributed by atoms with Crippen LogP contribution in [0.5, 0.6) is 0 Å². The predicted octanol–water partition coefficient (Wildman–Crippen LogP) is 2.69. The first-order chi connectivity index (χ1) is 9.65. The van der Waals surface area contributed by atoms with Crippen LogP contribution in [0.15, 0.2) is 24.3 Å². The molecule has 1 heterocycles. The summed E-state index contributed by atoms with van der Waals surface area (Å²) in [4.78, 5) is 14.8. The number of nitrogens with one attached hydrogen (secondary N) is 1. The Hall–Kier alpha value is -1.06. The largest absolute Gasteiger partial charge is 0.335 e. The van der Waals surface area contributed by atoms with E-state index in [0.717, 1.165) is 36.5 Å². The van der Waals surface area contributed by atoms with E-state index in [4.69, 9.17) is 11.6 Å². The summed E-state index contributed by atoms with van der Waals surface area (Å²) in [6.45, 7) is 4.65. The molecule has 3 rings (SSSR count). The molecule has 108 valence electrons. The first kappa shape index (κ1) is 13.9. The van der Waals surface area contributed by atoms with Gasteiger partial charge in [-0.1, -0.05) is 30.7 Å². The molecule has 1 aliphatic heterocycles. The van der Waals surface area contributed by atoms with Crippen LogP contribution in [0.2, 0.25) is 5.02 Å². The Morgan fingerprint density at radius 2 is 2.00 bits per heavy atom. The van der Waals surface area contributed by atoms with Gasteiger partial charge in [-0.2, -0.15) is 0 Å². The van der Waals surface area contributed by atoms with Gasteiger partial charge in [0.25, 0.3) is 0 Å². The predicted molar refractivity (Wildman–Crippen MR) is 80.5 cm³/mol. The van der Waals surface area contributed by atoms with E-state index in [9.17, 15) is 4.79 Å². The van der Waals surface area contributed by atoms with Gasteiger partial charge in [0.05, 0.1) is 5.92 Å². The number of rotatable bonds is 4. The van der Waals surface area contributed by atoms with Crippen LogP contribution in [-0.2, 0) is 11.3 Å². The maximum absolute atomic E-state index is 12.8. The molecule has 1 N–H and O–H groups in total. The summed E-state index contributed by atoms with van der Waals surface area (Å²) in [5.74, 6) is 0.900. The quantitative estimate of drug-likeness (QED) is 0.925. The Morgan fingerprint density at radius 3 is 2.55 bits per heavy atom. The smallest absolute Gasteiger partial charge is 0.227 e. The van der Waals surface area contributed by atoms with E-state index in [2.05, 4.69) is 17.1 Å². The summed E-state index contributed by atoms with van der Waals surface area (Å²) < 4.78 is 0. The van der Waals surface area contributed by atoms with Crippen LogP contribution in [0, 0.1) is 11.8 Å². The average Bonchev–Trinajstić information content (AvgIpc) is 3.19. The van der Waals surface area contributed by atoms with Crippen LogP contribution in [0.1, 0.15) is 25.3 Å². The van der Waals surface area contributed by atoms with Crippen molar-refractivity contribution in [1.82, 2.24) is 10.2 Å². The molecule has 0 aromatic heterocycles. The zero-order valence-corrected chi connectivity index (χ0v) is 12.6. The monoisotopic (exact) mass is 292 g/mol. The van der Waals surface area contributed by atoms with Crippen molar-refractivity contribution in [3.8, 4) is 0 Å². The minimum absolute atomic E-state index is 0.142. The van der Waals surface area contributed by atoms with Crippen molar-refractivity contribution in [2.75, 3.05) is 13.1 Å². The molecule has 1 aliphatic carbocycles. The Bertz CT molecular complexity index is 484. The fraction of sp³-hybridized carbons (Fsp3) is 0.562. The molecular formula is C16H21ClN2O. The molecule has 1 amide bonds. The van der Waals surface area contributed by atoms with Crippen molar-refractivity contribution in [3.05, 3.63) is 34.9 Å². The number of hydrogen-bond donors (Lipinski definition) is 1. The molecule has 2 atom stereocenters. The van der Waals surface area contributed by atoms with Gasteiger partial charge >= 0.3 is 0 Å². The SMILES string of the molecule is CC1CNCC1C(=O)N(Cc1ccc(Cl)cc1)C1CC1. The van der Waals surface area contributed by atoms with Crippen molar-refractivity contribution >= 4 is 17.5 Å². The summed E-state index contributed by atoms with van der Waals surface area (Å²) in [6, 6.07) is 8.27. The highest BCUT2D eigenvalue weighted by atomic mass is 35.5. The average molecular weight is 293 g/mol. The molecule has 2 unspecified atom stereocenters. The summed E-state index contributed by atoms with van der Waals surface area (Å²) in [5, 5.41) is 4.07. The van der Waals surface area contributed by atoms with E-state index < -0.39 is 0 Å². The van der Waals surface area contributed by atoms with Crippen molar-refractivity contribution in [2.45, 2.75) is 32.4 Å². The lowest BCUT2D eigenvalue weighted by molar-refractivity contribution is -0.137. The fourth-order valence-corrected chi connectivity index (χ4v) is 3.04. The molecule has 0 radical (unpaired) electrons. The maximum atomic E-state index is 12.8. The Balaban J connectivity index is 1.72. The Kier molecular flexibility index (Phi) is 3.99. The highest BCUT2D eigenvalue weighted by molar-refractivity contribution is 6.30. The van der Waals surface area contributed by atoms with Crippen molar-refractivity contribution < 1.29 is 4.79 Å². The summed E-state index contributed by atoms with van der Waals surface area (Å²) in [7, 11) is 0. The number of carbonyl (C=O) groups is 1. The normalized spacial score (nSPS) is 25.7. The number of amides is 1. The van der Waals surface area contributed by atoms with E-state index in [1.165, 1.54) is 0 Å². The number of carbonyl (C=O) groups excluding carboxylic acids is 1. The van der Waals surface area contributed by atoms with Crippen LogP contribution < -0.4 is 5.32 Å². The van der Waals surface area contributed by atoms with E-state index >= 15 is 0 Å². The lowest BCUT2D eigenvalue weighted by atomic mass is 9.96. The van der Waals surface area contributed by atoms with Crippen molar-refractivity contribution in [2.24, 2.45) is 11.8 Å². The highest BCUT2D eigenvalue weighted by Gasteiger charge is 2.39. The van der Waals surface area contributed by atoms with Gasteiger partial charge in [0.1, 0.15) is 0 Å². The molecule has 1 aromatic carbocycles. The van der Waals surface area contributed by atoms with Gasteiger partial charge in [0, 0.05) is 24.2 Å². The van der Waals surface area contributed by atoms with Crippen molar-refractivity contribution in [1.29, 1.82) is 0 Å². The van der Waals surface area contributed by atoms with Crippen LogP contribution in [0.4, 0.5) is 0 Å². The molecule has 3 nitrogen and oxygen atoms in total. The molecule has 1 saturated carbocycles. The molecule has 20 heavy (non-hydrogen) atoms. The second-order valence-corrected chi connectivity index (χ2v) is 6.50. The zero-order valence-electron chi connectivity index (χ0n) is 11.8.